The maximum absolute atomic E-state index is 12.7. The van der Waals surface area contributed by atoms with Crippen molar-refractivity contribution in [1.29, 1.82) is 0 Å². The van der Waals surface area contributed by atoms with Crippen LogP contribution in [0.2, 0.25) is 0 Å². The Labute approximate surface area is 174 Å². The third-order valence-corrected chi connectivity index (χ3v) is 4.99. The summed E-state index contributed by atoms with van der Waals surface area (Å²) in [6.07, 6.45) is 1.37. The van der Waals surface area contributed by atoms with Gasteiger partial charge in [0.25, 0.3) is 5.91 Å². The van der Waals surface area contributed by atoms with E-state index in [1.165, 1.54) is 10.9 Å². The quantitative estimate of drug-likeness (QED) is 0.703. The van der Waals surface area contributed by atoms with Crippen molar-refractivity contribution in [2.75, 3.05) is 44.6 Å². The van der Waals surface area contributed by atoms with E-state index in [9.17, 15) is 14.4 Å². The molecule has 3 heterocycles. The van der Waals surface area contributed by atoms with Gasteiger partial charge in [0.1, 0.15) is 22.9 Å². The summed E-state index contributed by atoms with van der Waals surface area (Å²) < 4.78 is 11.9. The molecule has 2 amide bonds. The number of anilines is 1. The Hall–Kier alpha value is -3.14. The summed E-state index contributed by atoms with van der Waals surface area (Å²) in [4.78, 5) is 40.9. The number of aryl methyl sites for hydroxylation is 3. The number of carbonyl (C=O) groups is 3. The molecular formula is C20H27N5O5. The molecule has 0 aliphatic carbocycles. The third kappa shape index (κ3) is 4.70. The SMILES string of the molecule is CCOC(=O)c1cnn(C)c1NC(=O)CN1CCN(C(=O)c2cc(C)oc2C)CC1. The number of rotatable bonds is 6. The summed E-state index contributed by atoms with van der Waals surface area (Å²) in [5.74, 6) is 0.792. The first kappa shape index (κ1) is 21.6. The summed E-state index contributed by atoms with van der Waals surface area (Å²) in [5, 5.41) is 6.76. The molecular weight excluding hydrogens is 390 g/mol. The van der Waals surface area contributed by atoms with Crippen LogP contribution in [-0.4, -0.2) is 76.7 Å². The van der Waals surface area contributed by atoms with Gasteiger partial charge >= 0.3 is 5.97 Å². The first-order valence-electron chi connectivity index (χ1n) is 9.87. The lowest BCUT2D eigenvalue weighted by Crippen LogP contribution is -2.50. The average molecular weight is 417 g/mol. The topological polar surface area (TPSA) is 110 Å². The minimum Gasteiger partial charge on any atom is -0.466 e. The van der Waals surface area contributed by atoms with Gasteiger partial charge in [-0.3, -0.25) is 19.2 Å². The number of ether oxygens (including phenoxy) is 1. The number of carbonyl (C=O) groups excluding carboxylic acids is 3. The molecule has 0 radical (unpaired) electrons. The van der Waals surface area contributed by atoms with Gasteiger partial charge in [-0.1, -0.05) is 0 Å². The molecule has 1 aliphatic rings. The van der Waals surface area contributed by atoms with Crippen LogP contribution >= 0.6 is 0 Å². The Morgan fingerprint density at radius 1 is 1.17 bits per heavy atom. The van der Waals surface area contributed by atoms with Crippen molar-refractivity contribution in [2.24, 2.45) is 7.05 Å². The van der Waals surface area contributed by atoms with E-state index < -0.39 is 5.97 Å². The minimum atomic E-state index is -0.530. The molecule has 1 aliphatic heterocycles. The van der Waals surface area contributed by atoms with E-state index in [4.69, 9.17) is 9.15 Å². The second-order valence-corrected chi connectivity index (χ2v) is 7.19. The van der Waals surface area contributed by atoms with Gasteiger partial charge in [0.15, 0.2) is 0 Å². The highest BCUT2D eigenvalue weighted by Gasteiger charge is 2.26. The molecule has 10 nitrogen and oxygen atoms in total. The molecule has 0 saturated carbocycles. The number of piperazine rings is 1. The van der Waals surface area contributed by atoms with Crippen LogP contribution in [0.5, 0.6) is 0 Å². The third-order valence-electron chi connectivity index (χ3n) is 4.99. The van der Waals surface area contributed by atoms with Gasteiger partial charge in [-0.2, -0.15) is 5.10 Å². The van der Waals surface area contributed by atoms with Gasteiger partial charge < -0.3 is 19.4 Å². The van der Waals surface area contributed by atoms with E-state index in [0.717, 1.165) is 0 Å². The van der Waals surface area contributed by atoms with Gasteiger partial charge in [0.2, 0.25) is 5.91 Å². The zero-order chi connectivity index (χ0) is 21.8. The highest BCUT2D eigenvalue weighted by Crippen LogP contribution is 2.18. The smallest absolute Gasteiger partial charge is 0.343 e. The van der Waals surface area contributed by atoms with E-state index in [1.54, 1.807) is 31.9 Å². The van der Waals surface area contributed by atoms with Gasteiger partial charge in [0, 0.05) is 33.2 Å². The number of amides is 2. The Morgan fingerprint density at radius 3 is 2.47 bits per heavy atom. The van der Waals surface area contributed by atoms with Crippen molar-refractivity contribution in [3.8, 4) is 0 Å². The van der Waals surface area contributed by atoms with Crippen molar-refractivity contribution in [3.05, 3.63) is 34.9 Å². The highest BCUT2D eigenvalue weighted by atomic mass is 16.5. The molecule has 0 spiro atoms. The molecule has 0 bridgehead atoms. The van der Waals surface area contributed by atoms with Crippen molar-refractivity contribution < 1.29 is 23.5 Å². The number of esters is 1. The van der Waals surface area contributed by atoms with Gasteiger partial charge in [0.05, 0.1) is 24.9 Å². The van der Waals surface area contributed by atoms with Crippen LogP contribution in [0.3, 0.4) is 0 Å². The normalized spacial score (nSPS) is 14.6. The maximum Gasteiger partial charge on any atom is 0.343 e. The van der Waals surface area contributed by atoms with Crippen molar-refractivity contribution >= 4 is 23.6 Å². The fraction of sp³-hybridized carbons (Fsp3) is 0.500. The van der Waals surface area contributed by atoms with Crippen molar-refractivity contribution in [2.45, 2.75) is 20.8 Å². The molecule has 30 heavy (non-hydrogen) atoms. The first-order valence-corrected chi connectivity index (χ1v) is 9.87. The van der Waals surface area contributed by atoms with Crippen LogP contribution in [0.1, 0.15) is 39.2 Å². The fourth-order valence-corrected chi connectivity index (χ4v) is 3.44. The van der Waals surface area contributed by atoms with Crippen LogP contribution < -0.4 is 5.32 Å². The monoisotopic (exact) mass is 417 g/mol. The van der Waals surface area contributed by atoms with Crippen LogP contribution in [0.15, 0.2) is 16.7 Å². The Kier molecular flexibility index (Phi) is 6.56. The molecule has 1 fully saturated rings. The number of nitrogens with zero attached hydrogens (tertiary/aromatic N) is 4. The van der Waals surface area contributed by atoms with E-state index >= 15 is 0 Å². The minimum absolute atomic E-state index is 0.0533. The summed E-state index contributed by atoms with van der Waals surface area (Å²) >= 11 is 0. The van der Waals surface area contributed by atoms with E-state index in [0.29, 0.717) is 49.1 Å². The number of nitrogens with one attached hydrogen (secondary N) is 1. The zero-order valence-corrected chi connectivity index (χ0v) is 17.7. The molecule has 2 aromatic heterocycles. The zero-order valence-electron chi connectivity index (χ0n) is 17.7. The summed E-state index contributed by atoms with van der Waals surface area (Å²) in [5.41, 5.74) is 0.801. The second-order valence-electron chi connectivity index (χ2n) is 7.19. The molecule has 10 heteroatoms. The van der Waals surface area contributed by atoms with Gasteiger partial charge in [-0.05, 0) is 26.8 Å². The molecule has 0 aromatic carbocycles. The lowest BCUT2D eigenvalue weighted by Gasteiger charge is -2.34. The maximum atomic E-state index is 12.7. The van der Waals surface area contributed by atoms with Crippen molar-refractivity contribution in [1.82, 2.24) is 19.6 Å². The molecule has 162 valence electrons. The number of furan rings is 1. The summed E-state index contributed by atoms with van der Waals surface area (Å²) in [7, 11) is 1.64. The summed E-state index contributed by atoms with van der Waals surface area (Å²) in [6.45, 7) is 7.90. The Morgan fingerprint density at radius 2 is 1.87 bits per heavy atom. The molecule has 1 N–H and O–H groups in total. The van der Waals surface area contributed by atoms with Gasteiger partial charge in [-0.15, -0.1) is 0 Å². The molecule has 0 atom stereocenters. The van der Waals surface area contributed by atoms with Crippen LogP contribution in [0.4, 0.5) is 5.82 Å². The standard InChI is InChI=1S/C20H27N5O5/c1-5-29-20(28)16-11-21-23(4)18(16)22-17(26)12-24-6-8-25(9-7-24)19(27)15-10-13(2)30-14(15)3/h10-11H,5-9,12H2,1-4H3,(H,22,26). The predicted molar refractivity (Wildman–Crippen MR) is 108 cm³/mol. The predicted octanol–water partition coefficient (Wildman–Crippen LogP) is 1.20. The summed E-state index contributed by atoms with van der Waals surface area (Å²) in [6, 6.07) is 1.76. The van der Waals surface area contributed by atoms with E-state index in [-0.39, 0.29) is 30.5 Å². The van der Waals surface area contributed by atoms with Crippen LogP contribution in [0, 0.1) is 13.8 Å². The van der Waals surface area contributed by atoms with Crippen LogP contribution in [-0.2, 0) is 16.6 Å². The number of aromatic nitrogens is 2. The van der Waals surface area contributed by atoms with Gasteiger partial charge in [-0.25, -0.2) is 4.79 Å². The largest absolute Gasteiger partial charge is 0.466 e. The number of hydrogen-bond donors (Lipinski definition) is 1. The Balaban J connectivity index is 1.54. The Bertz CT molecular complexity index is 940. The fourth-order valence-electron chi connectivity index (χ4n) is 3.44. The average Bonchev–Trinajstić information content (AvgIpc) is 3.23. The molecule has 0 unspecified atom stereocenters. The van der Waals surface area contributed by atoms with Crippen molar-refractivity contribution in [3.63, 3.8) is 0 Å². The highest BCUT2D eigenvalue weighted by molar-refractivity contribution is 6.00. The molecule has 1 saturated heterocycles. The van der Waals surface area contributed by atoms with Crippen LogP contribution in [0.25, 0.3) is 0 Å². The van der Waals surface area contributed by atoms with E-state index in [2.05, 4.69) is 10.4 Å². The second kappa shape index (κ2) is 9.12. The van der Waals surface area contributed by atoms with E-state index in [1.807, 2.05) is 11.8 Å². The first-order chi connectivity index (χ1) is 14.3. The molecule has 2 aromatic rings. The number of hydrogen-bond acceptors (Lipinski definition) is 7. The lowest BCUT2D eigenvalue weighted by molar-refractivity contribution is -0.117. The lowest BCUT2D eigenvalue weighted by atomic mass is 10.2. The molecule has 3 rings (SSSR count).